The SMILES string of the molecule is Cc1nc(-c2c[nH]c(C(=O)NC[C@@H]3CCN(c4ccccc4)C3)c2)cs1. The van der Waals surface area contributed by atoms with E-state index in [1.165, 1.54) is 5.69 Å². The van der Waals surface area contributed by atoms with Gasteiger partial charge in [0.15, 0.2) is 0 Å². The molecule has 3 aromatic rings. The van der Waals surface area contributed by atoms with E-state index >= 15 is 0 Å². The number of amides is 1. The number of nitrogens with zero attached hydrogens (tertiary/aromatic N) is 2. The Balaban J connectivity index is 1.31. The molecule has 1 atom stereocenters. The Kier molecular flexibility index (Phi) is 4.75. The predicted molar refractivity (Wildman–Crippen MR) is 106 cm³/mol. The zero-order valence-corrected chi connectivity index (χ0v) is 15.6. The maximum Gasteiger partial charge on any atom is 0.267 e. The second-order valence-electron chi connectivity index (χ2n) is 6.70. The molecular formula is C20H22N4OS. The van der Waals surface area contributed by atoms with E-state index < -0.39 is 0 Å². The maximum absolute atomic E-state index is 12.4. The van der Waals surface area contributed by atoms with Gasteiger partial charge in [0, 0.05) is 42.5 Å². The number of hydrogen-bond donors (Lipinski definition) is 2. The molecule has 2 aromatic heterocycles. The molecule has 0 spiro atoms. The highest BCUT2D eigenvalue weighted by atomic mass is 32.1. The first-order valence-electron chi connectivity index (χ1n) is 8.88. The Hall–Kier alpha value is -2.60. The molecule has 1 aliphatic heterocycles. The summed E-state index contributed by atoms with van der Waals surface area (Å²) in [4.78, 5) is 22.3. The lowest BCUT2D eigenvalue weighted by molar-refractivity contribution is 0.0944. The molecular weight excluding hydrogens is 344 g/mol. The Morgan fingerprint density at radius 1 is 1.38 bits per heavy atom. The molecule has 2 N–H and O–H groups in total. The molecule has 0 bridgehead atoms. The highest BCUT2D eigenvalue weighted by Crippen LogP contribution is 2.24. The number of para-hydroxylation sites is 1. The van der Waals surface area contributed by atoms with Crippen LogP contribution < -0.4 is 10.2 Å². The van der Waals surface area contributed by atoms with Crippen LogP contribution in [0.25, 0.3) is 11.3 Å². The van der Waals surface area contributed by atoms with Crippen LogP contribution in [0.1, 0.15) is 21.9 Å². The van der Waals surface area contributed by atoms with Gasteiger partial charge in [0.05, 0.1) is 10.7 Å². The lowest BCUT2D eigenvalue weighted by atomic mass is 10.1. The molecule has 1 aromatic carbocycles. The van der Waals surface area contributed by atoms with E-state index in [1.807, 2.05) is 30.6 Å². The van der Waals surface area contributed by atoms with Gasteiger partial charge in [-0.3, -0.25) is 4.79 Å². The number of benzene rings is 1. The summed E-state index contributed by atoms with van der Waals surface area (Å²) >= 11 is 1.61. The fourth-order valence-corrected chi connectivity index (χ4v) is 4.00. The van der Waals surface area contributed by atoms with Crippen molar-refractivity contribution in [2.45, 2.75) is 13.3 Å². The summed E-state index contributed by atoms with van der Waals surface area (Å²) < 4.78 is 0. The van der Waals surface area contributed by atoms with Crippen LogP contribution in [0.5, 0.6) is 0 Å². The number of aryl methyl sites for hydroxylation is 1. The molecule has 1 aliphatic rings. The molecule has 3 heterocycles. The van der Waals surface area contributed by atoms with Crippen molar-refractivity contribution >= 4 is 22.9 Å². The van der Waals surface area contributed by atoms with Crippen molar-refractivity contribution in [2.75, 3.05) is 24.5 Å². The van der Waals surface area contributed by atoms with Crippen molar-refractivity contribution < 1.29 is 4.79 Å². The number of carbonyl (C=O) groups excluding carboxylic acids is 1. The van der Waals surface area contributed by atoms with Gasteiger partial charge in [0.1, 0.15) is 5.69 Å². The number of anilines is 1. The summed E-state index contributed by atoms with van der Waals surface area (Å²) in [7, 11) is 0. The first-order chi connectivity index (χ1) is 12.7. The van der Waals surface area contributed by atoms with E-state index in [0.717, 1.165) is 35.8 Å². The average molecular weight is 366 g/mol. The minimum atomic E-state index is -0.0543. The third-order valence-electron chi connectivity index (χ3n) is 4.80. The van der Waals surface area contributed by atoms with Crippen molar-refractivity contribution in [1.82, 2.24) is 15.3 Å². The molecule has 6 heteroatoms. The van der Waals surface area contributed by atoms with Crippen molar-refractivity contribution in [3.63, 3.8) is 0 Å². The molecule has 4 rings (SSSR count). The molecule has 26 heavy (non-hydrogen) atoms. The van der Waals surface area contributed by atoms with Crippen LogP contribution in [0.4, 0.5) is 5.69 Å². The molecule has 134 valence electrons. The van der Waals surface area contributed by atoms with Crippen molar-refractivity contribution in [1.29, 1.82) is 0 Å². The van der Waals surface area contributed by atoms with E-state index in [1.54, 1.807) is 11.3 Å². The largest absolute Gasteiger partial charge is 0.371 e. The molecule has 0 unspecified atom stereocenters. The van der Waals surface area contributed by atoms with Crippen LogP contribution >= 0.6 is 11.3 Å². The minimum Gasteiger partial charge on any atom is -0.371 e. The zero-order chi connectivity index (χ0) is 17.9. The molecule has 1 fully saturated rings. The Morgan fingerprint density at radius 3 is 3.00 bits per heavy atom. The Bertz CT molecular complexity index is 886. The summed E-state index contributed by atoms with van der Waals surface area (Å²) in [5.74, 6) is 0.427. The number of carbonyl (C=O) groups is 1. The normalized spacial score (nSPS) is 16.8. The smallest absolute Gasteiger partial charge is 0.267 e. The van der Waals surface area contributed by atoms with Gasteiger partial charge in [-0.1, -0.05) is 18.2 Å². The lowest BCUT2D eigenvalue weighted by Gasteiger charge is -2.18. The fraction of sp³-hybridized carbons (Fsp3) is 0.300. The van der Waals surface area contributed by atoms with Gasteiger partial charge in [-0.25, -0.2) is 4.98 Å². The topological polar surface area (TPSA) is 61.0 Å². The van der Waals surface area contributed by atoms with Crippen LogP contribution in [-0.4, -0.2) is 35.5 Å². The van der Waals surface area contributed by atoms with Crippen LogP contribution in [0.2, 0.25) is 0 Å². The van der Waals surface area contributed by atoms with Gasteiger partial charge in [0.25, 0.3) is 5.91 Å². The Labute approximate surface area is 157 Å². The van der Waals surface area contributed by atoms with Gasteiger partial charge in [0.2, 0.25) is 0 Å². The summed E-state index contributed by atoms with van der Waals surface area (Å²) in [5, 5.41) is 6.10. The quantitative estimate of drug-likeness (QED) is 0.724. The average Bonchev–Trinajstić information content (AvgIpc) is 3.40. The third kappa shape index (κ3) is 3.65. The lowest BCUT2D eigenvalue weighted by Crippen LogP contribution is -2.31. The van der Waals surface area contributed by atoms with Crippen LogP contribution in [-0.2, 0) is 0 Å². The zero-order valence-electron chi connectivity index (χ0n) is 14.7. The van der Waals surface area contributed by atoms with E-state index in [0.29, 0.717) is 18.2 Å². The highest BCUT2D eigenvalue weighted by molar-refractivity contribution is 7.09. The summed E-state index contributed by atoms with van der Waals surface area (Å²) in [6.45, 7) is 4.71. The van der Waals surface area contributed by atoms with Crippen LogP contribution in [0.3, 0.4) is 0 Å². The number of aromatic amines is 1. The summed E-state index contributed by atoms with van der Waals surface area (Å²) in [6.07, 6.45) is 2.94. The fourth-order valence-electron chi connectivity index (χ4n) is 3.37. The maximum atomic E-state index is 12.4. The number of hydrogen-bond acceptors (Lipinski definition) is 4. The number of H-pyrrole nitrogens is 1. The monoisotopic (exact) mass is 366 g/mol. The molecule has 0 aliphatic carbocycles. The molecule has 1 saturated heterocycles. The van der Waals surface area contributed by atoms with E-state index in [9.17, 15) is 4.79 Å². The molecule has 5 nitrogen and oxygen atoms in total. The second-order valence-corrected chi connectivity index (χ2v) is 7.76. The number of aromatic nitrogens is 2. The third-order valence-corrected chi connectivity index (χ3v) is 5.57. The highest BCUT2D eigenvalue weighted by Gasteiger charge is 2.23. The van der Waals surface area contributed by atoms with Crippen molar-refractivity contribution in [2.24, 2.45) is 5.92 Å². The summed E-state index contributed by atoms with van der Waals surface area (Å²) in [6, 6.07) is 12.3. The number of rotatable bonds is 5. The van der Waals surface area contributed by atoms with Crippen molar-refractivity contribution in [3.8, 4) is 11.3 Å². The predicted octanol–water partition coefficient (Wildman–Crippen LogP) is 3.70. The first kappa shape index (κ1) is 16.8. The summed E-state index contributed by atoms with van der Waals surface area (Å²) in [5.41, 5.74) is 3.71. The number of nitrogens with one attached hydrogen (secondary N) is 2. The van der Waals surface area contributed by atoms with Crippen molar-refractivity contribution in [3.05, 3.63) is 58.7 Å². The van der Waals surface area contributed by atoms with E-state index in [4.69, 9.17) is 0 Å². The van der Waals surface area contributed by atoms with Gasteiger partial charge in [-0.2, -0.15) is 0 Å². The standard InChI is InChI=1S/C20H22N4OS/c1-14-23-19(13-26-14)16-9-18(21-11-16)20(25)22-10-15-7-8-24(12-15)17-5-3-2-4-6-17/h2-6,9,11,13,15,21H,7-8,10,12H2,1H3,(H,22,25)/t15-/m0/s1. The van der Waals surface area contributed by atoms with Gasteiger partial charge < -0.3 is 15.2 Å². The second kappa shape index (κ2) is 7.33. The van der Waals surface area contributed by atoms with Crippen LogP contribution in [0.15, 0.2) is 48.0 Å². The van der Waals surface area contributed by atoms with Gasteiger partial charge in [-0.05, 0) is 37.5 Å². The molecule has 0 saturated carbocycles. The first-order valence-corrected chi connectivity index (χ1v) is 9.76. The van der Waals surface area contributed by atoms with Gasteiger partial charge in [-0.15, -0.1) is 11.3 Å². The van der Waals surface area contributed by atoms with E-state index in [-0.39, 0.29) is 5.91 Å². The molecule has 0 radical (unpaired) electrons. The minimum absolute atomic E-state index is 0.0543. The van der Waals surface area contributed by atoms with Crippen LogP contribution in [0, 0.1) is 12.8 Å². The van der Waals surface area contributed by atoms with E-state index in [2.05, 4.69) is 44.5 Å². The Morgan fingerprint density at radius 2 is 2.23 bits per heavy atom. The molecule has 1 amide bonds. The van der Waals surface area contributed by atoms with Gasteiger partial charge >= 0.3 is 0 Å². The number of thiazole rings is 1.